The summed E-state index contributed by atoms with van der Waals surface area (Å²) in [6, 6.07) is 3.86. The number of rotatable bonds is 5. The zero-order valence-electron chi connectivity index (χ0n) is 9.22. The molecular weight excluding hydrogens is 265 g/mol. The van der Waals surface area contributed by atoms with Crippen molar-refractivity contribution in [2.45, 2.75) is 0 Å². The summed E-state index contributed by atoms with van der Waals surface area (Å²) in [5, 5.41) is 10.2. The van der Waals surface area contributed by atoms with Gasteiger partial charge in [0.2, 0.25) is 6.20 Å². The molecule has 1 aromatic carbocycles. The Morgan fingerprint density at radius 1 is 1.44 bits per heavy atom. The third-order valence-corrected chi connectivity index (χ3v) is 2.25. The van der Waals surface area contributed by atoms with Gasteiger partial charge in [-0.3, -0.25) is 19.9 Å². The molecule has 8 nitrogen and oxygen atoms in total. The molecule has 0 amide bonds. The number of methoxy groups -OCH3 is 1. The van der Waals surface area contributed by atoms with Crippen LogP contribution in [0.1, 0.15) is 5.56 Å². The molecule has 0 fully saturated rings. The van der Waals surface area contributed by atoms with E-state index in [0.717, 1.165) is 6.20 Å². The minimum Gasteiger partial charge on any atom is -0.496 e. The lowest BCUT2D eigenvalue weighted by Crippen LogP contribution is -1.93. The quantitative estimate of drug-likeness (QED) is 0.473. The van der Waals surface area contributed by atoms with Gasteiger partial charge in [-0.2, -0.15) is 0 Å². The highest BCUT2D eigenvalue weighted by atomic mass is 31.2. The Morgan fingerprint density at radius 2 is 2.11 bits per heavy atom. The Hall–Kier alpha value is -1.89. The second kappa shape index (κ2) is 5.63. The molecule has 1 rings (SSSR count). The summed E-state index contributed by atoms with van der Waals surface area (Å²) in [6.45, 7) is 0. The van der Waals surface area contributed by atoms with E-state index in [2.05, 4.69) is 4.52 Å². The van der Waals surface area contributed by atoms with Crippen molar-refractivity contribution in [3.8, 4) is 11.5 Å². The van der Waals surface area contributed by atoms with Crippen molar-refractivity contribution in [3.63, 3.8) is 0 Å². The van der Waals surface area contributed by atoms with E-state index >= 15 is 0 Å². The predicted octanol–water partition coefficient (Wildman–Crippen LogP) is 1.41. The van der Waals surface area contributed by atoms with Crippen molar-refractivity contribution in [2.75, 3.05) is 7.11 Å². The first-order valence-electron chi connectivity index (χ1n) is 4.57. The summed E-state index contributed by atoms with van der Waals surface area (Å²) < 4.78 is 19.9. The molecule has 0 aliphatic carbocycles. The molecule has 0 radical (unpaired) electrons. The molecule has 0 saturated carbocycles. The summed E-state index contributed by atoms with van der Waals surface area (Å²) in [4.78, 5) is 26.8. The van der Waals surface area contributed by atoms with Crippen LogP contribution >= 0.6 is 7.82 Å². The largest absolute Gasteiger partial charge is 0.524 e. The number of phosphoric acid groups is 1. The summed E-state index contributed by atoms with van der Waals surface area (Å²) >= 11 is 0. The van der Waals surface area contributed by atoms with Gasteiger partial charge in [0, 0.05) is 17.7 Å². The molecule has 0 bridgehead atoms. The van der Waals surface area contributed by atoms with Crippen LogP contribution in [0.3, 0.4) is 0 Å². The fraction of sp³-hybridized carbons (Fsp3) is 0.111. The van der Waals surface area contributed by atoms with Crippen molar-refractivity contribution in [1.29, 1.82) is 0 Å². The number of nitro groups is 1. The Morgan fingerprint density at radius 3 is 2.61 bits per heavy atom. The highest BCUT2D eigenvalue weighted by Crippen LogP contribution is 2.39. The van der Waals surface area contributed by atoms with Gasteiger partial charge in [-0.05, 0) is 12.1 Å². The molecular formula is C9H10NO7P. The normalized spacial score (nSPS) is 11.5. The zero-order valence-corrected chi connectivity index (χ0v) is 10.1. The monoisotopic (exact) mass is 275 g/mol. The van der Waals surface area contributed by atoms with E-state index in [-0.39, 0.29) is 11.5 Å². The van der Waals surface area contributed by atoms with Crippen LogP contribution in [0.15, 0.2) is 24.4 Å². The van der Waals surface area contributed by atoms with Crippen LogP contribution < -0.4 is 9.26 Å². The second-order valence-electron chi connectivity index (χ2n) is 3.09. The first-order chi connectivity index (χ1) is 8.31. The summed E-state index contributed by atoms with van der Waals surface area (Å²) in [5.74, 6) is 0.0949. The third kappa shape index (κ3) is 4.54. The van der Waals surface area contributed by atoms with Gasteiger partial charge in [0.05, 0.1) is 12.0 Å². The maximum Gasteiger partial charge on any atom is 0.524 e. The van der Waals surface area contributed by atoms with E-state index in [1.165, 1.54) is 31.4 Å². The van der Waals surface area contributed by atoms with Crippen LogP contribution in [0.25, 0.3) is 6.08 Å². The van der Waals surface area contributed by atoms with Gasteiger partial charge < -0.3 is 9.26 Å². The Kier molecular flexibility index (Phi) is 4.43. The Balaban J connectivity index is 3.04. The molecule has 18 heavy (non-hydrogen) atoms. The molecule has 0 spiro atoms. The third-order valence-electron chi connectivity index (χ3n) is 1.81. The van der Waals surface area contributed by atoms with Crippen molar-refractivity contribution in [1.82, 2.24) is 0 Å². The van der Waals surface area contributed by atoms with Crippen molar-refractivity contribution < 1.29 is 28.5 Å². The molecule has 0 aliphatic heterocycles. The highest BCUT2D eigenvalue weighted by molar-refractivity contribution is 7.46. The van der Waals surface area contributed by atoms with E-state index < -0.39 is 12.7 Å². The molecule has 2 N–H and O–H groups in total. The average molecular weight is 275 g/mol. The van der Waals surface area contributed by atoms with Crippen LogP contribution in [0, 0.1) is 10.1 Å². The van der Waals surface area contributed by atoms with Crippen LogP contribution in [0.4, 0.5) is 0 Å². The Bertz CT molecular complexity index is 522. The van der Waals surface area contributed by atoms with E-state index in [0.29, 0.717) is 5.56 Å². The van der Waals surface area contributed by atoms with E-state index in [9.17, 15) is 14.7 Å². The first-order valence-corrected chi connectivity index (χ1v) is 6.10. The van der Waals surface area contributed by atoms with Crippen molar-refractivity contribution in [2.24, 2.45) is 0 Å². The number of ether oxygens (including phenoxy) is 1. The number of phosphoric ester groups is 1. The summed E-state index contributed by atoms with van der Waals surface area (Å²) in [6.07, 6.45) is 1.92. The number of benzene rings is 1. The topological polar surface area (TPSA) is 119 Å². The van der Waals surface area contributed by atoms with Gasteiger partial charge in [-0.15, -0.1) is 0 Å². The zero-order chi connectivity index (χ0) is 13.8. The lowest BCUT2D eigenvalue weighted by Gasteiger charge is -2.09. The number of nitrogens with zero attached hydrogens (tertiary/aromatic N) is 1. The van der Waals surface area contributed by atoms with Crippen molar-refractivity contribution in [3.05, 3.63) is 40.1 Å². The highest BCUT2D eigenvalue weighted by Gasteiger charge is 2.16. The lowest BCUT2D eigenvalue weighted by molar-refractivity contribution is -0.400. The van der Waals surface area contributed by atoms with Crippen LogP contribution in [0.2, 0.25) is 0 Å². The van der Waals surface area contributed by atoms with E-state index in [4.69, 9.17) is 14.5 Å². The Labute approximate surface area is 102 Å². The fourth-order valence-corrected chi connectivity index (χ4v) is 1.55. The fourth-order valence-electron chi connectivity index (χ4n) is 1.16. The average Bonchev–Trinajstić information content (AvgIpc) is 2.24. The molecule has 98 valence electrons. The molecule has 0 unspecified atom stereocenters. The van der Waals surface area contributed by atoms with Gasteiger partial charge in [-0.1, -0.05) is 0 Å². The maximum atomic E-state index is 10.6. The molecule has 1 aromatic rings. The molecule has 0 saturated heterocycles. The van der Waals surface area contributed by atoms with E-state index in [1.807, 2.05) is 0 Å². The predicted molar refractivity (Wildman–Crippen MR) is 61.7 cm³/mol. The van der Waals surface area contributed by atoms with Crippen LogP contribution in [0.5, 0.6) is 11.5 Å². The molecule has 0 heterocycles. The van der Waals surface area contributed by atoms with Gasteiger partial charge >= 0.3 is 7.82 Å². The summed E-state index contributed by atoms with van der Waals surface area (Å²) in [7, 11) is -3.33. The maximum absolute atomic E-state index is 10.6. The van der Waals surface area contributed by atoms with Gasteiger partial charge in [0.25, 0.3) is 0 Å². The number of hydrogen-bond acceptors (Lipinski definition) is 5. The minimum absolute atomic E-state index is 0.0987. The van der Waals surface area contributed by atoms with Crippen molar-refractivity contribution >= 4 is 13.9 Å². The van der Waals surface area contributed by atoms with Crippen LogP contribution in [-0.2, 0) is 4.57 Å². The lowest BCUT2D eigenvalue weighted by atomic mass is 10.2. The second-order valence-corrected chi connectivity index (χ2v) is 4.25. The molecule has 0 atom stereocenters. The molecule has 9 heteroatoms. The van der Waals surface area contributed by atoms with Gasteiger partial charge in [0.1, 0.15) is 11.5 Å². The summed E-state index contributed by atoms with van der Waals surface area (Å²) in [5.41, 5.74) is 0.382. The van der Waals surface area contributed by atoms with Gasteiger partial charge in [-0.25, -0.2) is 4.57 Å². The van der Waals surface area contributed by atoms with E-state index in [1.54, 1.807) is 0 Å². The standard InChI is InChI=1S/C9H10NO7P/c1-16-9-6-8(17-18(13,14)15)3-2-7(9)4-5-10(11)12/h2-6H,1H3,(H2,13,14,15). The molecule has 0 aromatic heterocycles. The SMILES string of the molecule is COc1cc(OP(=O)(O)O)ccc1C=C[N+](=O)[O-]. The smallest absolute Gasteiger partial charge is 0.496 e. The molecule has 0 aliphatic rings. The minimum atomic E-state index is -4.65. The first kappa shape index (κ1) is 14.2. The van der Waals surface area contributed by atoms with Gasteiger partial charge in [0.15, 0.2) is 0 Å². The van der Waals surface area contributed by atoms with Crippen LogP contribution in [-0.4, -0.2) is 21.8 Å². The number of hydrogen-bond donors (Lipinski definition) is 2.